The Balaban J connectivity index is 1.95. The van der Waals surface area contributed by atoms with Crippen molar-refractivity contribution in [1.29, 1.82) is 0 Å². The van der Waals surface area contributed by atoms with E-state index in [1.165, 1.54) is 23.9 Å². The second-order valence-electron chi connectivity index (χ2n) is 5.61. The van der Waals surface area contributed by atoms with Gasteiger partial charge >= 0.3 is 0 Å². The molecule has 0 spiro atoms. The second kappa shape index (κ2) is 6.82. The van der Waals surface area contributed by atoms with Crippen LogP contribution in [0.4, 0.5) is 0 Å². The van der Waals surface area contributed by atoms with Crippen molar-refractivity contribution in [3.8, 4) is 0 Å². The summed E-state index contributed by atoms with van der Waals surface area (Å²) in [6.07, 6.45) is 0.504. The van der Waals surface area contributed by atoms with E-state index in [9.17, 15) is 21.6 Å². The summed E-state index contributed by atoms with van der Waals surface area (Å²) in [5, 5.41) is -0.143. The molecule has 2 rings (SSSR count). The first-order valence-electron chi connectivity index (χ1n) is 7.04. The molecule has 1 fully saturated rings. The summed E-state index contributed by atoms with van der Waals surface area (Å²) >= 11 is 1.18. The number of carbonyl (C=O) groups excluding carboxylic acids is 1. The van der Waals surface area contributed by atoms with E-state index in [-0.39, 0.29) is 27.4 Å². The summed E-state index contributed by atoms with van der Waals surface area (Å²) in [6, 6.07) is 4.66. The highest BCUT2D eigenvalue weighted by Crippen LogP contribution is 2.24. The minimum Gasteiger partial charge on any atom is -0.273 e. The number of carbonyl (C=O) groups is 1. The molecule has 0 unspecified atom stereocenters. The molecule has 1 aliphatic rings. The molecule has 0 saturated carbocycles. The van der Waals surface area contributed by atoms with Gasteiger partial charge in [-0.1, -0.05) is 6.07 Å². The molecule has 1 saturated heterocycles. The molecule has 1 aliphatic heterocycles. The lowest BCUT2D eigenvalue weighted by atomic mass is 10.1. The monoisotopic (exact) mass is 377 g/mol. The molecule has 0 bridgehead atoms. The van der Waals surface area contributed by atoms with Crippen molar-refractivity contribution in [1.82, 2.24) is 4.72 Å². The van der Waals surface area contributed by atoms with E-state index in [0.29, 0.717) is 6.42 Å². The fraction of sp³-hybridized carbons (Fsp3) is 0.500. The Hall–Kier alpha value is -1.06. The van der Waals surface area contributed by atoms with Crippen LogP contribution in [0.2, 0.25) is 0 Å². The first-order valence-corrected chi connectivity index (χ1v) is 11.4. The highest BCUT2D eigenvalue weighted by atomic mass is 32.2. The fourth-order valence-electron chi connectivity index (χ4n) is 2.21. The van der Waals surface area contributed by atoms with E-state index in [1.807, 2.05) is 11.6 Å². The van der Waals surface area contributed by atoms with Crippen LogP contribution in [0.3, 0.4) is 0 Å². The maximum atomic E-state index is 12.2. The Bertz CT molecular complexity index is 815. The van der Waals surface area contributed by atoms with Crippen molar-refractivity contribution < 1.29 is 21.6 Å². The SMILES string of the molecule is Cc1ccc(S(=O)(=O)NC(=O)CS[C@H]2CCS(=O)(=O)C2)cc1C. The Morgan fingerprint density at radius 2 is 2.00 bits per heavy atom. The third kappa shape index (κ3) is 4.95. The number of amides is 1. The van der Waals surface area contributed by atoms with E-state index in [1.54, 1.807) is 13.0 Å². The molecule has 1 aromatic carbocycles. The summed E-state index contributed by atoms with van der Waals surface area (Å²) in [6.45, 7) is 3.67. The van der Waals surface area contributed by atoms with E-state index in [0.717, 1.165) is 11.1 Å². The van der Waals surface area contributed by atoms with Crippen LogP contribution in [0.25, 0.3) is 0 Å². The number of nitrogens with one attached hydrogen (secondary N) is 1. The minimum absolute atomic E-state index is 0.0439. The number of rotatable bonds is 5. The molecule has 23 heavy (non-hydrogen) atoms. The normalized spacial score (nSPS) is 20.3. The zero-order valence-electron chi connectivity index (χ0n) is 12.9. The van der Waals surface area contributed by atoms with Gasteiger partial charge in [0.25, 0.3) is 10.0 Å². The van der Waals surface area contributed by atoms with Gasteiger partial charge in [-0.2, -0.15) is 0 Å². The average Bonchev–Trinajstić information content (AvgIpc) is 2.78. The van der Waals surface area contributed by atoms with Crippen LogP contribution in [0.1, 0.15) is 17.5 Å². The van der Waals surface area contributed by atoms with E-state index >= 15 is 0 Å². The maximum absolute atomic E-state index is 12.2. The van der Waals surface area contributed by atoms with Gasteiger partial charge < -0.3 is 0 Å². The lowest BCUT2D eigenvalue weighted by Gasteiger charge is -2.10. The Morgan fingerprint density at radius 1 is 1.30 bits per heavy atom. The van der Waals surface area contributed by atoms with Gasteiger partial charge in [0.1, 0.15) is 0 Å². The molecule has 1 aromatic rings. The van der Waals surface area contributed by atoms with Crippen LogP contribution in [0.5, 0.6) is 0 Å². The first-order chi connectivity index (χ1) is 10.6. The van der Waals surface area contributed by atoms with Gasteiger partial charge in [-0.05, 0) is 43.5 Å². The van der Waals surface area contributed by atoms with Gasteiger partial charge in [-0.3, -0.25) is 4.79 Å². The van der Waals surface area contributed by atoms with Gasteiger partial charge in [0.15, 0.2) is 9.84 Å². The van der Waals surface area contributed by atoms with E-state index in [4.69, 9.17) is 0 Å². The highest BCUT2D eigenvalue weighted by Gasteiger charge is 2.29. The zero-order chi connectivity index (χ0) is 17.3. The number of aryl methyl sites for hydroxylation is 2. The summed E-state index contributed by atoms with van der Waals surface area (Å²) < 4.78 is 49.1. The smallest absolute Gasteiger partial charge is 0.264 e. The second-order valence-corrected chi connectivity index (χ2v) is 10.8. The van der Waals surface area contributed by atoms with Gasteiger partial charge in [0.2, 0.25) is 5.91 Å². The third-order valence-electron chi connectivity index (χ3n) is 3.68. The molecule has 1 amide bonds. The molecule has 0 aliphatic carbocycles. The van der Waals surface area contributed by atoms with Crippen molar-refractivity contribution in [3.63, 3.8) is 0 Å². The van der Waals surface area contributed by atoms with Crippen LogP contribution in [-0.4, -0.2) is 45.3 Å². The Morgan fingerprint density at radius 3 is 2.57 bits per heavy atom. The number of sulfonamides is 1. The van der Waals surface area contributed by atoms with Crippen molar-refractivity contribution in [3.05, 3.63) is 29.3 Å². The molecular formula is C14H19NO5S3. The molecule has 0 aromatic heterocycles. The zero-order valence-corrected chi connectivity index (χ0v) is 15.4. The van der Waals surface area contributed by atoms with Crippen LogP contribution >= 0.6 is 11.8 Å². The van der Waals surface area contributed by atoms with Gasteiger partial charge in [0.05, 0.1) is 22.2 Å². The average molecular weight is 378 g/mol. The highest BCUT2D eigenvalue weighted by molar-refractivity contribution is 8.02. The number of hydrogen-bond acceptors (Lipinski definition) is 6. The summed E-state index contributed by atoms with van der Waals surface area (Å²) in [7, 11) is -6.90. The van der Waals surface area contributed by atoms with Crippen molar-refractivity contribution in [2.24, 2.45) is 0 Å². The Kier molecular flexibility index (Phi) is 5.42. The standard InChI is InChI=1S/C14H19NO5S3/c1-10-3-4-13(7-11(10)2)23(19,20)15-14(16)8-21-12-5-6-22(17,18)9-12/h3-4,7,12H,5-6,8-9H2,1-2H3,(H,15,16)/t12-/m0/s1. The van der Waals surface area contributed by atoms with E-state index < -0.39 is 25.8 Å². The number of thioether (sulfide) groups is 1. The third-order valence-corrected chi connectivity index (χ3v) is 8.33. The van der Waals surface area contributed by atoms with Crippen LogP contribution < -0.4 is 4.72 Å². The predicted molar refractivity (Wildman–Crippen MR) is 90.8 cm³/mol. The maximum Gasteiger partial charge on any atom is 0.264 e. The largest absolute Gasteiger partial charge is 0.273 e. The molecule has 6 nitrogen and oxygen atoms in total. The summed E-state index contributed by atoms with van der Waals surface area (Å²) in [5.74, 6) is -0.538. The summed E-state index contributed by atoms with van der Waals surface area (Å²) in [5.41, 5.74) is 1.79. The lowest BCUT2D eigenvalue weighted by molar-refractivity contribution is -0.116. The predicted octanol–water partition coefficient (Wildman–Crippen LogP) is 1.03. The number of hydrogen-bond donors (Lipinski definition) is 1. The molecule has 1 heterocycles. The van der Waals surface area contributed by atoms with Crippen molar-refractivity contribution in [2.75, 3.05) is 17.3 Å². The fourth-order valence-corrected chi connectivity index (χ4v) is 6.81. The number of sulfone groups is 1. The molecule has 9 heteroatoms. The minimum atomic E-state index is -3.90. The van der Waals surface area contributed by atoms with Crippen LogP contribution in [-0.2, 0) is 24.7 Å². The summed E-state index contributed by atoms with van der Waals surface area (Å²) in [4.78, 5) is 11.9. The van der Waals surface area contributed by atoms with Gasteiger partial charge in [-0.25, -0.2) is 21.6 Å². The van der Waals surface area contributed by atoms with Crippen molar-refractivity contribution in [2.45, 2.75) is 30.4 Å². The quantitative estimate of drug-likeness (QED) is 0.823. The van der Waals surface area contributed by atoms with Crippen molar-refractivity contribution >= 4 is 37.5 Å². The molecule has 128 valence electrons. The Labute approximate surface area is 141 Å². The molecule has 0 radical (unpaired) electrons. The first kappa shape index (κ1) is 18.3. The molecule has 1 atom stereocenters. The lowest BCUT2D eigenvalue weighted by Crippen LogP contribution is -2.32. The number of benzene rings is 1. The van der Waals surface area contributed by atoms with E-state index in [2.05, 4.69) is 0 Å². The van der Waals surface area contributed by atoms with Crippen LogP contribution in [0, 0.1) is 13.8 Å². The molecule has 1 N–H and O–H groups in total. The van der Waals surface area contributed by atoms with Crippen LogP contribution in [0.15, 0.2) is 23.1 Å². The van der Waals surface area contributed by atoms with Gasteiger partial charge in [0, 0.05) is 5.25 Å². The molecular weight excluding hydrogens is 358 g/mol. The topological polar surface area (TPSA) is 97.4 Å². The van der Waals surface area contributed by atoms with Gasteiger partial charge in [-0.15, -0.1) is 11.8 Å².